The molecule has 1 aromatic carbocycles. The Morgan fingerprint density at radius 3 is 2.68 bits per heavy atom. The van der Waals surface area contributed by atoms with Gasteiger partial charge in [0.15, 0.2) is 16.4 Å². The minimum atomic E-state index is -4.05. The van der Waals surface area contributed by atoms with E-state index in [2.05, 4.69) is 15.4 Å². The predicted molar refractivity (Wildman–Crippen MR) is 92.0 cm³/mol. The van der Waals surface area contributed by atoms with Gasteiger partial charge in [-0.1, -0.05) is 11.6 Å². The second kappa shape index (κ2) is 6.25. The number of fused-ring (bicyclic) bond motifs is 1. The van der Waals surface area contributed by atoms with Crippen molar-refractivity contribution in [3.63, 3.8) is 0 Å². The van der Waals surface area contributed by atoms with Crippen molar-refractivity contribution in [2.45, 2.75) is 23.3 Å². The fourth-order valence-electron chi connectivity index (χ4n) is 2.51. The zero-order valence-electron chi connectivity index (χ0n) is 13.4. The average molecular weight is 384 g/mol. The van der Waals surface area contributed by atoms with Gasteiger partial charge in [-0.3, -0.25) is 0 Å². The number of aromatic nitrogens is 3. The van der Waals surface area contributed by atoms with Crippen LogP contribution in [-0.4, -0.2) is 30.1 Å². The van der Waals surface area contributed by atoms with Crippen molar-refractivity contribution in [3.8, 4) is 0 Å². The molecule has 0 bridgehead atoms. The van der Waals surface area contributed by atoms with Gasteiger partial charge in [0.1, 0.15) is 5.82 Å². The highest BCUT2D eigenvalue weighted by molar-refractivity contribution is 7.91. The maximum Gasteiger partial charge on any atom is 0.214 e. The second-order valence-electron chi connectivity index (χ2n) is 5.34. The molecule has 0 atom stereocenters. The number of nitrogens with two attached hydrogens (primary N) is 1. The third-order valence-electron chi connectivity index (χ3n) is 3.66. The Bertz CT molecular complexity index is 1080. The molecule has 132 valence electrons. The lowest BCUT2D eigenvalue weighted by molar-refractivity contribution is 0.595. The summed E-state index contributed by atoms with van der Waals surface area (Å²) in [4.78, 5) is 4.04. The predicted octanol–water partition coefficient (Wildman–Crippen LogP) is 2.16. The highest BCUT2D eigenvalue weighted by Crippen LogP contribution is 2.32. The van der Waals surface area contributed by atoms with E-state index in [1.807, 2.05) is 0 Å². The molecule has 3 rings (SSSR count). The van der Waals surface area contributed by atoms with Gasteiger partial charge >= 0.3 is 0 Å². The van der Waals surface area contributed by atoms with Gasteiger partial charge < -0.3 is 11.1 Å². The zero-order valence-corrected chi connectivity index (χ0v) is 15.0. The summed E-state index contributed by atoms with van der Waals surface area (Å²) < 4.78 is 41.0. The molecular weight excluding hydrogens is 369 g/mol. The number of halogens is 2. The van der Waals surface area contributed by atoms with Crippen LogP contribution in [0.15, 0.2) is 34.1 Å². The summed E-state index contributed by atoms with van der Waals surface area (Å²) in [6, 6.07) is 4.95. The van der Waals surface area contributed by atoms with Crippen LogP contribution in [0.25, 0.3) is 5.65 Å². The molecule has 0 saturated carbocycles. The van der Waals surface area contributed by atoms with Gasteiger partial charge in [-0.2, -0.15) is 0 Å². The third kappa shape index (κ3) is 2.84. The lowest BCUT2D eigenvalue weighted by Gasteiger charge is -2.07. The normalized spacial score (nSPS) is 11.9. The Kier molecular flexibility index (Phi) is 4.40. The van der Waals surface area contributed by atoms with Crippen LogP contribution >= 0.6 is 11.6 Å². The number of nitrogens with one attached hydrogen (secondary N) is 1. The number of benzene rings is 1. The molecule has 0 spiro atoms. The Morgan fingerprint density at radius 1 is 1.36 bits per heavy atom. The van der Waals surface area contributed by atoms with Crippen molar-refractivity contribution in [1.29, 1.82) is 0 Å². The van der Waals surface area contributed by atoms with Crippen LogP contribution in [0.3, 0.4) is 0 Å². The fraction of sp³-hybridized carbons (Fsp3) is 0.200. The molecule has 0 amide bonds. The van der Waals surface area contributed by atoms with Crippen LogP contribution in [0.2, 0.25) is 5.02 Å². The van der Waals surface area contributed by atoms with Gasteiger partial charge in [0.2, 0.25) is 9.84 Å². The first kappa shape index (κ1) is 17.6. The zero-order chi connectivity index (χ0) is 18.4. The fourth-order valence-corrected chi connectivity index (χ4v) is 4.28. The summed E-state index contributed by atoms with van der Waals surface area (Å²) in [5.41, 5.74) is 7.08. The van der Waals surface area contributed by atoms with Crippen molar-refractivity contribution in [2.75, 3.05) is 12.4 Å². The van der Waals surface area contributed by atoms with E-state index in [4.69, 9.17) is 17.3 Å². The van der Waals surface area contributed by atoms with Crippen LogP contribution in [0.1, 0.15) is 11.4 Å². The number of hydrogen-bond donors (Lipinski definition) is 2. The highest BCUT2D eigenvalue weighted by atomic mass is 35.5. The van der Waals surface area contributed by atoms with Crippen molar-refractivity contribution in [2.24, 2.45) is 5.73 Å². The third-order valence-corrected chi connectivity index (χ3v) is 5.74. The quantitative estimate of drug-likeness (QED) is 0.669. The van der Waals surface area contributed by atoms with Crippen molar-refractivity contribution in [3.05, 3.63) is 46.5 Å². The lowest BCUT2D eigenvalue weighted by Crippen LogP contribution is -2.08. The molecular formula is C15H15ClFN5O2S. The Hall–Kier alpha value is -2.23. The monoisotopic (exact) mass is 383 g/mol. The van der Waals surface area contributed by atoms with E-state index in [9.17, 15) is 12.8 Å². The summed E-state index contributed by atoms with van der Waals surface area (Å²) in [5, 5.41) is 6.73. The standard InChI is InChI=1S/C15H15ClFN5O2S/c1-8-5-9(7-18)22-15(20-8)13(14(19-2)21-22)25(23,24)10-3-4-12(17)11(16)6-10/h3-6H,7,18H2,1-2H3,(H,19,21). The topological polar surface area (TPSA) is 102 Å². The molecule has 0 fully saturated rings. The summed E-state index contributed by atoms with van der Waals surface area (Å²) in [5.74, 6) is -0.582. The van der Waals surface area contributed by atoms with E-state index in [1.54, 1.807) is 20.0 Å². The number of anilines is 1. The molecule has 0 radical (unpaired) electrons. The minimum Gasteiger partial charge on any atom is -0.370 e. The van der Waals surface area contributed by atoms with Crippen molar-refractivity contribution >= 4 is 32.9 Å². The number of rotatable bonds is 4. The van der Waals surface area contributed by atoms with E-state index < -0.39 is 15.7 Å². The molecule has 3 aromatic rings. The largest absolute Gasteiger partial charge is 0.370 e. The van der Waals surface area contributed by atoms with Gasteiger partial charge in [-0.25, -0.2) is 22.3 Å². The molecule has 7 nitrogen and oxygen atoms in total. The van der Waals surface area contributed by atoms with Gasteiger partial charge in [0.05, 0.1) is 15.6 Å². The summed E-state index contributed by atoms with van der Waals surface area (Å²) >= 11 is 5.74. The first-order valence-corrected chi connectivity index (χ1v) is 9.13. The summed E-state index contributed by atoms with van der Waals surface area (Å²) in [6.45, 7) is 1.89. The summed E-state index contributed by atoms with van der Waals surface area (Å²) in [7, 11) is -2.50. The first-order chi connectivity index (χ1) is 11.8. The molecule has 0 aliphatic heterocycles. The number of hydrogen-bond acceptors (Lipinski definition) is 6. The maximum atomic E-state index is 13.4. The molecule has 0 aliphatic rings. The molecule has 2 heterocycles. The van der Waals surface area contributed by atoms with Crippen LogP contribution in [0.5, 0.6) is 0 Å². The van der Waals surface area contributed by atoms with E-state index in [1.165, 1.54) is 4.52 Å². The van der Waals surface area contributed by atoms with Gasteiger partial charge in [-0.15, -0.1) is 5.10 Å². The van der Waals surface area contributed by atoms with Crippen LogP contribution in [-0.2, 0) is 16.4 Å². The van der Waals surface area contributed by atoms with Gasteiger partial charge in [0.25, 0.3) is 0 Å². The van der Waals surface area contributed by atoms with E-state index >= 15 is 0 Å². The Labute approximate surface area is 148 Å². The van der Waals surface area contributed by atoms with Gasteiger partial charge in [0, 0.05) is 19.3 Å². The molecule has 0 unspecified atom stereocenters. The van der Waals surface area contributed by atoms with E-state index in [0.29, 0.717) is 11.4 Å². The number of sulfone groups is 1. The van der Waals surface area contributed by atoms with E-state index in [0.717, 1.165) is 18.2 Å². The molecule has 2 aromatic heterocycles. The van der Waals surface area contributed by atoms with Crippen LogP contribution in [0, 0.1) is 12.7 Å². The SMILES string of the molecule is CNc1nn2c(CN)cc(C)nc2c1S(=O)(=O)c1ccc(F)c(Cl)c1. The molecule has 3 N–H and O–H groups in total. The highest BCUT2D eigenvalue weighted by Gasteiger charge is 2.29. The van der Waals surface area contributed by atoms with Gasteiger partial charge in [-0.05, 0) is 31.2 Å². The Balaban J connectivity index is 2.37. The van der Waals surface area contributed by atoms with E-state index in [-0.39, 0.29) is 32.8 Å². The molecule has 10 heteroatoms. The minimum absolute atomic E-state index is 0.115. The average Bonchev–Trinajstić information content (AvgIpc) is 2.95. The molecule has 0 saturated heterocycles. The first-order valence-electron chi connectivity index (χ1n) is 7.26. The molecule has 0 aliphatic carbocycles. The number of aryl methyl sites for hydroxylation is 1. The molecule has 25 heavy (non-hydrogen) atoms. The number of nitrogens with zero attached hydrogens (tertiary/aromatic N) is 3. The van der Waals surface area contributed by atoms with Crippen LogP contribution in [0.4, 0.5) is 10.2 Å². The Morgan fingerprint density at radius 2 is 2.08 bits per heavy atom. The van der Waals surface area contributed by atoms with Crippen molar-refractivity contribution < 1.29 is 12.8 Å². The maximum absolute atomic E-state index is 13.4. The smallest absolute Gasteiger partial charge is 0.214 e. The summed E-state index contributed by atoms with van der Waals surface area (Å²) in [6.07, 6.45) is 0. The van der Waals surface area contributed by atoms with Crippen LogP contribution < -0.4 is 11.1 Å². The second-order valence-corrected chi connectivity index (χ2v) is 7.63. The lowest BCUT2D eigenvalue weighted by atomic mass is 10.3. The van der Waals surface area contributed by atoms with Crippen molar-refractivity contribution in [1.82, 2.24) is 14.6 Å².